The second kappa shape index (κ2) is 8.72. The number of carbonyl (C=O) groups is 1. The molecule has 2 aromatic carbocycles. The quantitative estimate of drug-likeness (QED) is 0.459. The van der Waals surface area contributed by atoms with Crippen LogP contribution in [0.2, 0.25) is 0 Å². The van der Waals surface area contributed by atoms with E-state index in [1.54, 1.807) is 0 Å². The molecule has 1 heterocycles. The van der Waals surface area contributed by atoms with E-state index in [1.165, 1.54) is 22.8 Å². The number of carbonyl (C=O) groups excluding carboxylic acids is 1. The summed E-state index contributed by atoms with van der Waals surface area (Å²) in [6, 6.07) is 12.1. The smallest absolute Gasteiger partial charge is 0.407 e. The van der Waals surface area contributed by atoms with Crippen LogP contribution in [0.3, 0.4) is 0 Å². The molecular weight excluding hydrogens is 374 g/mol. The number of aryl methyl sites for hydroxylation is 2. The molecule has 8 heteroatoms. The molecule has 29 heavy (non-hydrogen) atoms. The first-order valence-electron chi connectivity index (χ1n) is 9.52. The molecule has 0 bridgehead atoms. The van der Waals surface area contributed by atoms with Crippen molar-refractivity contribution in [2.75, 3.05) is 0 Å². The number of fused-ring (bicyclic) bond motifs is 1. The number of nitro benzene ring substituents is 1. The molecule has 1 amide bonds. The molecule has 0 saturated carbocycles. The summed E-state index contributed by atoms with van der Waals surface area (Å²) < 4.78 is 6.49. The van der Waals surface area contributed by atoms with E-state index in [2.05, 4.69) is 5.32 Å². The largest absolute Gasteiger partial charge is 0.419 e. The Morgan fingerprint density at radius 2 is 1.97 bits per heavy atom. The van der Waals surface area contributed by atoms with E-state index < -0.39 is 10.7 Å². The van der Waals surface area contributed by atoms with Gasteiger partial charge in [-0.3, -0.25) is 19.5 Å². The summed E-state index contributed by atoms with van der Waals surface area (Å²) in [6.07, 6.45) is 1.48. The van der Waals surface area contributed by atoms with Gasteiger partial charge < -0.3 is 9.73 Å². The Balaban J connectivity index is 1.61. The van der Waals surface area contributed by atoms with Crippen LogP contribution in [0.4, 0.5) is 5.69 Å². The fourth-order valence-electron chi connectivity index (χ4n) is 3.26. The van der Waals surface area contributed by atoms with Gasteiger partial charge in [0.2, 0.25) is 5.91 Å². The van der Waals surface area contributed by atoms with Crippen LogP contribution in [0, 0.1) is 17.0 Å². The fraction of sp³-hybridized carbons (Fsp3) is 0.333. The third-order valence-electron chi connectivity index (χ3n) is 4.87. The third kappa shape index (κ3) is 4.71. The molecule has 3 aromatic rings. The number of oxazole rings is 1. The van der Waals surface area contributed by atoms with Crippen LogP contribution >= 0.6 is 0 Å². The summed E-state index contributed by atoms with van der Waals surface area (Å²) in [7, 11) is 0. The predicted octanol–water partition coefficient (Wildman–Crippen LogP) is 3.86. The number of rotatable bonds is 8. The Bertz CT molecular complexity index is 1080. The van der Waals surface area contributed by atoms with Crippen molar-refractivity contribution in [1.29, 1.82) is 0 Å². The zero-order chi connectivity index (χ0) is 21.0. The van der Waals surface area contributed by atoms with Crippen LogP contribution in [-0.4, -0.2) is 15.4 Å². The lowest BCUT2D eigenvalue weighted by atomic mass is 10.0. The van der Waals surface area contributed by atoms with Crippen LogP contribution < -0.4 is 11.1 Å². The first kappa shape index (κ1) is 20.3. The van der Waals surface area contributed by atoms with Gasteiger partial charge in [0.1, 0.15) is 0 Å². The van der Waals surface area contributed by atoms with Gasteiger partial charge in [-0.2, -0.15) is 0 Å². The van der Waals surface area contributed by atoms with Crippen LogP contribution in [0.5, 0.6) is 0 Å². The molecule has 1 atom stereocenters. The van der Waals surface area contributed by atoms with Crippen LogP contribution in [0.1, 0.15) is 43.4 Å². The Labute approximate surface area is 167 Å². The van der Waals surface area contributed by atoms with Gasteiger partial charge in [-0.25, -0.2) is 4.79 Å². The van der Waals surface area contributed by atoms with E-state index in [4.69, 9.17) is 4.42 Å². The summed E-state index contributed by atoms with van der Waals surface area (Å²) in [5, 5.41) is 13.9. The van der Waals surface area contributed by atoms with E-state index >= 15 is 0 Å². The van der Waals surface area contributed by atoms with Gasteiger partial charge in [0.25, 0.3) is 5.69 Å². The topological polar surface area (TPSA) is 107 Å². The molecule has 0 saturated heterocycles. The van der Waals surface area contributed by atoms with Gasteiger partial charge in [-0.1, -0.05) is 36.8 Å². The summed E-state index contributed by atoms with van der Waals surface area (Å²) >= 11 is 0. The average molecular weight is 397 g/mol. The molecular formula is C21H23N3O5. The second-order valence-corrected chi connectivity index (χ2v) is 6.97. The van der Waals surface area contributed by atoms with Gasteiger partial charge in [0, 0.05) is 19.0 Å². The van der Waals surface area contributed by atoms with Gasteiger partial charge in [0.05, 0.1) is 22.5 Å². The summed E-state index contributed by atoms with van der Waals surface area (Å²) in [5.41, 5.74) is 2.73. The van der Waals surface area contributed by atoms with Crippen molar-refractivity contribution in [3.8, 4) is 0 Å². The zero-order valence-electron chi connectivity index (χ0n) is 16.4. The highest BCUT2D eigenvalue weighted by atomic mass is 16.6. The zero-order valence-corrected chi connectivity index (χ0v) is 16.4. The molecule has 0 unspecified atom stereocenters. The minimum atomic E-state index is -0.591. The number of nitrogens with zero attached hydrogens (tertiary/aromatic N) is 2. The Morgan fingerprint density at radius 1 is 1.24 bits per heavy atom. The van der Waals surface area contributed by atoms with Crippen LogP contribution in [0.15, 0.2) is 51.7 Å². The maximum atomic E-state index is 12.4. The second-order valence-electron chi connectivity index (χ2n) is 6.97. The number of nitrogens with one attached hydrogen (secondary N) is 1. The number of benzene rings is 2. The molecule has 1 N–H and O–H groups in total. The van der Waals surface area contributed by atoms with E-state index in [9.17, 15) is 19.7 Å². The lowest BCUT2D eigenvalue weighted by Crippen LogP contribution is -2.28. The molecule has 0 spiro atoms. The minimum absolute atomic E-state index is 0.0545. The van der Waals surface area contributed by atoms with Crippen molar-refractivity contribution in [2.45, 2.75) is 45.7 Å². The summed E-state index contributed by atoms with van der Waals surface area (Å²) in [5.74, 6) is -0.680. The molecule has 0 fully saturated rings. The van der Waals surface area contributed by atoms with Crippen molar-refractivity contribution in [3.05, 3.63) is 74.3 Å². The standard InChI is InChI=1S/C21H23N3O5/c1-3-17(15-8-6-14(2)7-9-15)22-20(25)5-4-12-23-18-11-10-16(24(27)28)13-19(18)29-21(23)26/h6-11,13,17H,3-5,12H2,1-2H3,(H,22,25)/t17-/m0/s1. The Hall–Kier alpha value is -3.42. The number of non-ortho nitro benzene ring substituents is 1. The predicted molar refractivity (Wildman–Crippen MR) is 109 cm³/mol. The van der Waals surface area contributed by atoms with E-state index in [1.807, 2.05) is 38.1 Å². The molecule has 0 aliphatic carbocycles. The van der Waals surface area contributed by atoms with Crippen molar-refractivity contribution in [1.82, 2.24) is 9.88 Å². The van der Waals surface area contributed by atoms with Gasteiger partial charge >= 0.3 is 5.76 Å². The molecule has 8 nitrogen and oxygen atoms in total. The number of aromatic nitrogens is 1. The first-order chi connectivity index (χ1) is 13.9. The lowest BCUT2D eigenvalue weighted by Gasteiger charge is -2.17. The third-order valence-corrected chi connectivity index (χ3v) is 4.87. The maximum Gasteiger partial charge on any atom is 0.419 e. The number of hydrogen-bond acceptors (Lipinski definition) is 5. The Morgan fingerprint density at radius 3 is 2.62 bits per heavy atom. The van der Waals surface area contributed by atoms with Crippen LogP contribution in [0.25, 0.3) is 11.1 Å². The SMILES string of the molecule is CC[C@H](NC(=O)CCCn1c(=O)oc2cc([N+](=O)[O-])ccc21)c1ccc(C)cc1. The molecule has 3 rings (SSSR count). The number of hydrogen-bond donors (Lipinski definition) is 1. The minimum Gasteiger partial charge on any atom is -0.407 e. The molecule has 0 radical (unpaired) electrons. The highest BCUT2D eigenvalue weighted by molar-refractivity contribution is 5.77. The van der Waals surface area contributed by atoms with Crippen molar-refractivity contribution in [3.63, 3.8) is 0 Å². The molecule has 1 aromatic heterocycles. The Kier molecular flexibility index (Phi) is 6.11. The first-order valence-corrected chi connectivity index (χ1v) is 9.52. The van der Waals surface area contributed by atoms with Gasteiger partial charge in [-0.15, -0.1) is 0 Å². The van der Waals surface area contributed by atoms with E-state index in [0.29, 0.717) is 18.5 Å². The molecule has 152 valence electrons. The van der Waals surface area contributed by atoms with E-state index in [0.717, 1.165) is 17.5 Å². The highest BCUT2D eigenvalue weighted by Crippen LogP contribution is 2.21. The van der Waals surface area contributed by atoms with E-state index in [-0.39, 0.29) is 29.6 Å². The van der Waals surface area contributed by atoms with Crippen molar-refractivity contribution >= 4 is 22.7 Å². The lowest BCUT2D eigenvalue weighted by molar-refractivity contribution is -0.384. The van der Waals surface area contributed by atoms with Crippen molar-refractivity contribution < 1.29 is 14.1 Å². The average Bonchev–Trinajstić information content (AvgIpc) is 3.01. The summed E-state index contributed by atoms with van der Waals surface area (Å²) in [4.78, 5) is 34.7. The molecule has 0 aliphatic rings. The molecule has 0 aliphatic heterocycles. The highest BCUT2D eigenvalue weighted by Gasteiger charge is 2.15. The van der Waals surface area contributed by atoms with Crippen LogP contribution in [-0.2, 0) is 11.3 Å². The number of nitro groups is 1. The fourth-order valence-corrected chi connectivity index (χ4v) is 3.26. The normalized spacial score (nSPS) is 12.1. The monoisotopic (exact) mass is 397 g/mol. The van der Waals surface area contributed by atoms with Gasteiger partial charge in [0.15, 0.2) is 5.58 Å². The summed E-state index contributed by atoms with van der Waals surface area (Å²) in [6.45, 7) is 4.32. The number of amides is 1. The van der Waals surface area contributed by atoms with Crippen molar-refractivity contribution in [2.24, 2.45) is 0 Å². The maximum absolute atomic E-state index is 12.4. The van der Waals surface area contributed by atoms with Gasteiger partial charge in [-0.05, 0) is 31.4 Å².